The van der Waals surface area contributed by atoms with Gasteiger partial charge in [-0.3, -0.25) is 0 Å². The molecule has 0 unspecified atom stereocenters. The van der Waals surface area contributed by atoms with Crippen molar-refractivity contribution in [2.75, 3.05) is 4.90 Å². The van der Waals surface area contributed by atoms with E-state index in [2.05, 4.69) is 235 Å². The Bertz CT molecular complexity index is 3590. The number of thiophene rings is 1. The highest BCUT2D eigenvalue weighted by atomic mass is 32.1. The van der Waals surface area contributed by atoms with Crippen molar-refractivity contribution >= 4 is 70.5 Å². The van der Waals surface area contributed by atoms with E-state index in [4.69, 9.17) is 4.42 Å². The van der Waals surface area contributed by atoms with Crippen LogP contribution < -0.4 is 4.90 Å². The van der Waals surface area contributed by atoms with Crippen molar-refractivity contribution in [1.29, 1.82) is 0 Å². The molecule has 0 fully saturated rings. The van der Waals surface area contributed by atoms with Crippen LogP contribution in [0.25, 0.3) is 97.7 Å². The second kappa shape index (κ2) is 15.5. The van der Waals surface area contributed by atoms with Gasteiger partial charge < -0.3 is 9.32 Å². The fraction of sp³-hybridized carbons (Fsp3) is 0. The van der Waals surface area contributed by atoms with Gasteiger partial charge in [0.25, 0.3) is 0 Å². The average molecular weight is 822 g/mol. The molecular weight excluding hydrogens is 783 g/mol. The van der Waals surface area contributed by atoms with Gasteiger partial charge in [0.15, 0.2) is 0 Å². The van der Waals surface area contributed by atoms with Gasteiger partial charge in [0.1, 0.15) is 11.2 Å². The van der Waals surface area contributed by atoms with Crippen LogP contribution >= 0.6 is 11.3 Å². The van der Waals surface area contributed by atoms with Gasteiger partial charge in [-0.15, -0.1) is 11.3 Å². The molecule has 3 heteroatoms. The van der Waals surface area contributed by atoms with E-state index in [0.717, 1.165) is 44.6 Å². The zero-order chi connectivity index (χ0) is 41.7. The predicted molar refractivity (Wildman–Crippen MR) is 268 cm³/mol. The molecule has 0 atom stereocenters. The molecule has 296 valence electrons. The minimum absolute atomic E-state index is 0.916. The summed E-state index contributed by atoms with van der Waals surface area (Å²) in [5.74, 6) is 0. The molecule has 0 saturated heterocycles. The maximum atomic E-state index is 6.52. The molecule has 0 spiro atoms. The molecule has 2 aromatic heterocycles. The van der Waals surface area contributed by atoms with Gasteiger partial charge in [-0.1, -0.05) is 188 Å². The fourth-order valence-electron chi connectivity index (χ4n) is 9.20. The van der Waals surface area contributed by atoms with E-state index >= 15 is 0 Å². The molecule has 10 aromatic carbocycles. The molecule has 0 amide bonds. The topological polar surface area (TPSA) is 16.4 Å². The number of para-hydroxylation sites is 2. The summed E-state index contributed by atoms with van der Waals surface area (Å²) in [6.45, 7) is 0. The Morgan fingerprint density at radius 2 is 0.698 bits per heavy atom. The normalized spacial score (nSPS) is 11.5. The third kappa shape index (κ3) is 6.58. The van der Waals surface area contributed by atoms with Crippen molar-refractivity contribution < 1.29 is 4.42 Å². The van der Waals surface area contributed by atoms with E-state index < -0.39 is 0 Å². The number of furan rings is 1. The first-order valence-electron chi connectivity index (χ1n) is 21.4. The minimum atomic E-state index is 0.916. The maximum Gasteiger partial charge on any atom is 0.143 e. The Morgan fingerprint density at radius 3 is 1.32 bits per heavy atom. The number of hydrogen-bond donors (Lipinski definition) is 0. The van der Waals surface area contributed by atoms with Crippen LogP contribution in [0.15, 0.2) is 241 Å². The molecule has 2 nitrogen and oxygen atoms in total. The Labute approximate surface area is 370 Å². The van der Waals surface area contributed by atoms with E-state index in [-0.39, 0.29) is 0 Å². The molecule has 0 N–H and O–H groups in total. The van der Waals surface area contributed by atoms with Gasteiger partial charge in [-0.05, 0) is 93.0 Å². The number of hydrogen-bond acceptors (Lipinski definition) is 3. The largest absolute Gasteiger partial charge is 0.455 e. The second-order valence-electron chi connectivity index (χ2n) is 16.0. The standard InChI is InChI=1S/C60H39NOS/c1-3-13-40(14-4-1)42-27-33-47(34-28-42)61(48-35-29-43(30-36-48)46-18-9-17-45(39-46)41-15-5-2-6-16-41)49-37-31-44(32-38-49)50-20-10-24-55-56-25-12-23-54(60(56)63-59(50)55)53-22-11-21-52-51-19-7-8-26-57(51)62-58(52)53/h1-39H. The summed E-state index contributed by atoms with van der Waals surface area (Å²) in [6, 6.07) is 85.1. The van der Waals surface area contributed by atoms with Crippen LogP contribution in [0.5, 0.6) is 0 Å². The first-order valence-corrected chi connectivity index (χ1v) is 22.2. The van der Waals surface area contributed by atoms with Crippen molar-refractivity contribution in [2.24, 2.45) is 0 Å². The van der Waals surface area contributed by atoms with E-state index in [9.17, 15) is 0 Å². The van der Waals surface area contributed by atoms with Crippen LogP contribution in [0.3, 0.4) is 0 Å². The lowest BCUT2D eigenvalue weighted by molar-refractivity contribution is 0.670. The van der Waals surface area contributed by atoms with E-state index in [1.807, 2.05) is 17.4 Å². The van der Waals surface area contributed by atoms with Crippen LogP contribution in [0.2, 0.25) is 0 Å². The SMILES string of the molecule is c1ccc(-c2ccc(N(c3ccc(-c4cccc(-c5ccccc5)c4)cc3)c3ccc(-c4cccc5c4sc4c(-c6cccc7c6oc6ccccc67)cccc45)cc3)cc2)cc1. The lowest BCUT2D eigenvalue weighted by Crippen LogP contribution is -2.09. The van der Waals surface area contributed by atoms with Crippen LogP contribution in [0.4, 0.5) is 17.1 Å². The van der Waals surface area contributed by atoms with Gasteiger partial charge in [-0.25, -0.2) is 0 Å². The Balaban J connectivity index is 0.926. The molecule has 0 bridgehead atoms. The fourth-order valence-corrected chi connectivity index (χ4v) is 10.6. The Morgan fingerprint density at radius 1 is 0.286 bits per heavy atom. The third-order valence-corrected chi connectivity index (χ3v) is 13.6. The highest BCUT2D eigenvalue weighted by molar-refractivity contribution is 7.26. The zero-order valence-corrected chi connectivity index (χ0v) is 35.1. The molecular formula is C60H39NOS. The van der Waals surface area contributed by atoms with E-state index in [1.165, 1.54) is 70.2 Å². The lowest BCUT2D eigenvalue weighted by Gasteiger charge is -2.26. The number of nitrogens with zero attached hydrogens (tertiary/aromatic N) is 1. The van der Waals surface area contributed by atoms with Crippen LogP contribution in [0.1, 0.15) is 0 Å². The quantitative estimate of drug-likeness (QED) is 0.152. The highest BCUT2D eigenvalue weighted by Crippen LogP contribution is 2.46. The van der Waals surface area contributed by atoms with Crippen molar-refractivity contribution in [3.8, 4) is 55.6 Å². The first-order chi connectivity index (χ1) is 31.2. The van der Waals surface area contributed by atoms with Crippen molar-refractivity contribution in [2.45, 2.75) is 0 Å². The average Bonchev–Trinajstić information content (AvgIpc) is 3.95. The summed E-state index contributed by atoms with van der Waals surface area (Å²) in [6.07, 6.45) is 0. The van der Waals surface area contributed by atoms with Gasteiger partial charge in [0, 0.05) is 59.1 Å². The second-order valence-corrected chi connectivity index (χ2v) is 17.1. The molecule has 0 aliphatic rings. The summed E-state index contributed by atoms with van der Waals surface area (Å²) in [4.78, 5) is 2.35. The van der Waals surface area contributed by atoms with Gasteiger partial charge in [0.2, 0.25) is 0 Å². The first kappa shape index (κ1) is 36.8. The molecule has 2 heterocycles. The molecule has 0 aliphatic heterocycles. The minimum Gasteiger partial charge on any atom is -0.455 e. The molecule has 0 aliphatic carbocycles. The lowest BCUT2D eigenvalue weighted by atomic mass is 9.98. The summed E-state index contributed by atoms with van der Waals surface area (Å²) in [5, 5.41) is 4.82. The molecule has 63 heavy (non-hydrogen) atoms. The number of anilines is 3. The van der Waals surface area contributed by atoms with Gasteiger partial charge >= 0.3 is 0 Å². The number of rotatable bonds is 8. The molecule has 12 rings (SSSR count). The summed E-state index contributed by atoms with van der Waals surface area (Å²) >= 11 is 1.87. The monoisotopic (exact) mass is 821 g/mol. The third-order valence-electron chi connectivity index (χ3n) is 12.3. The number of benzene rings is 10. The van der Waals surface area contributed by atoms with Gasteiger partial charge in [-0.2, -0.15) is 0 Å². The molecule has 0 saturated carbocycles. The Hall–Kier alpha value is -7.98. The van der Waals surface area contributed by atoms with Crippen LogP contribution in [0, 0.1) is 0 Å². The van der Waals surface area contributed by atoms with Crippen molar-refractivity contribution in [3.63, 3.8) is 0 Å². The van der Waals surface area contributed by atoms with Crippen molar-refractivity contribution in [3.05, 3.63) is 237 Å². The number of fused-ring (bicyclic) bond motifs is 6. The van der Waals surface area contributed by atoms with E-state index in [1.54, 1.807) is 0 Å². The summed E-state index contributed by atoms with van der Waals surface area (Å²) in [5.41, 5.74) is 17.1. The maximum absolute atomic E-state index is 6.52. The smallest absolute Gasteiger partial charge is 0.143 e. The molecule has 0 radical (unpaired) electrons. The van der Waals surface area contributed by atoms with Gasteiger partial charge in [0.05, 0.1) is 0 Å². The van der Waals surface area contributed by atoms with Crippen LogP contribution in [-0.2, 0) is 0 Å². The summed E-state index contributed by atoms with van der Waals surface area (Å²) in [7, 11) is 0. The zero-order valence-electron chi connectivity index (χ0n) is 34.3. The molecule has 12 aromatic rings. The highest BCUT2D eigenvalue weighted by Gasteiger charge is 2.19. The predicted octanol–water partition coefficient (Wildman–Crippen LogP) is 17.8. The Kier molecular flexibility index (Phi) is 9.06. The van der Waals surface area contributed by atoms with Crippen molar-refractivity contribution in [1.82, 2.24) is 0 Å². The summed E-state index contributed by atoms with van der Waals surface area (Å²) < 4.78 is 9.07. The van der Waals surface area contributed by atoms with E-state index in [0.29, 0.717) is 0 Å². The van der Waals surface area contributed by atoms with Crippen LogP contribution in [-0.4, -0.2) is 0 Å².